The molecule has 0 unspecified atom stereocenters. The van der Waals surface area contributed by atoms with Gasteiger partial charge in [-0.1, -0.05) is 5.57 Å². The van der Waals surface area contributed by atoms with Gasteiger partial charge in [-0.2, -0.15) is 0 Å². The van der Waals surface area contributed by atoms with E-state index in [9.17, 15) is 4.79 Å². The monoisotopic (exact) mass is 200 g/mol. The lowest BCUT2D eigenvalue weighted by atomic mass is 10.2. The lowest BCUT2D eigenvalue weighted by Crippen LogP contribution is -2.29. The molecule has 0 spiro atoms. The quantitative estimate of drug-likeness (QED) is 0.203. The zero-order valence-electron chi connectivity index (χ0n) is 8.84. The lowest BCUT2D eigenvalue weighted by molar-refractivity contribution is -0.121. The van der Waals surface area contributed by atoms with Gasteiger partial charge in [0.05, 0.1) is 6.61 Å². The van der Waals surface area contributed by atoms with E-state index < -0.39 is 0 Å². The molecule has 0 aromatic heterocycles. The fourth-order valence-corrected chi connectivity index (χ4v) is 0.910. The van der Waals surface area contributed by atoms with Gasteiger partial charge in [0.25, 0.3) is 0 Å². The van der Waals surface area contributed by atoms with E-state index in [1.165, 1.54) is 0 Å². The fraction of sp³-hybridized carbons (Fsp3) is 0.700. The van der Waals surface area contributed by atoms with Crippen LogP contribution in [0, 0.1) is 0 Å². The number of carbonyl (C=O) groups excluding carboxylic acids is 1. The summed E-state index contributed by atoms with van der Waals surface area (Å²) in [5, 5.41) is 0. The molecule has 0 heterocycles. The second-order valence-electron chi connectivity index (χ2n) is 3.34. The number of hydrogen-bond donors (Lipinski definition) is 2. The summed E-state index contributed by atoms with van der Waals surface area (Å²) in [5.41, 5.74) is 3.22. The third-order valence-electron chi connectivity index (χ3n) is 1.78. The molecular formula is C10H20N2O2. The maximum absolute atomic E-state index is 10.7. The Morgan fingerprint density at radius 3 is 2.64 bits per heavy atom. The summed E-state index contributed by atoms with van der Waals surface area (Å²) in [6, 6.07) is 0. The zero-order chi connectivity index (χ0) is 10.8. The van der Waals surface area contributed by atoms with Crippen molar-refractivity contribution >= 4 is 5.91 Å². The van der Waals surface area contributed by atoms with Crippen molar-refractivity contribution < 1.29 is 9.53 Å². The van der Waals surface area contributed by atoms with Crippen molar-refractivity contribution in [2.24, 2.45) is 5.84 Å². The first kappa shape index (κ1) is 13.1. The second-order valence-corrected chi connectivity index (χ2v) is 3.34. The highest BCUT2D eigenvalue weighted by Gasteiger charge is 1.97. The Hall–Kier alpha value is -0.870. The molecule has 1 amide bonds. The number of unbranched alkanes of at least 4 members (excludes halogenated alkanes) is 1. The normalized spacial score (nSPS) is 9.86. The summed E-state index contributed by atoms with van der Waals surface area (Å²) < 4.78 is 5.34. The summed E-state index contributed by atoms with van der Waals surface area (Å²) in [6.45, 7) is 7.18. The summed E-state index contributed by atoms with van der Waals surface area (Å²) in [5.74, 6) is 4.81. The average Bonchev–Trinajstić information content (AvgIpc) is 2.15. The Labute approximate surface area is 85.5 Å². The molecule has 0 saturated heterocycles. The van der Waals surface area contributed by atoms with Crippen molar-refractivity contribution in [3.05, 3.63) is 12.2 Å². The van der Waals surface area contributed by atoms with Crippen molar-refractivity contribution in [2.45, 2.75) is 32.6 Å². The van der Waals surface area contributed by atoms with Crippen molar-refractivity contribution in [3.63, 3.8) is 0 Å². The number of rotatable bonds is 8. The van der Waals surface area contributed by atoms with Crippen LogP contribution in [0.1, 0.15) is 32.6 Å². The van der Waals surface area contributed by atoms with E-state index in [4.69, 9.17) is 10.6 Å². The SMILES string of the molecule is C=C(C)CCOCCCCC(=O)NN. The van der Waals surface area contributed by atoms with Gasteiger partial charge in [-0.25, -0.2) is 5.84 Å². The first-order valence-electron chi connectivity index (χ1n) is 4.88. The Kier molecular flexibility index (Phi) is 8.17. The van der Waals surface area contributed by atoms with Crippen LogP contribution in [0.25, 0.3) is 0 Å². The molecule has 4 heteroatoms. The molecule has 0 aromatic rings. The van der Waals surface area contributed by atoms with Gasteiger partial charge < -0.3 is 4.74 Å². The smallest absolute Gasteiger partial charge is 0.233 e. The molecule has 0 saturated carbocycles. The minimum Gasteiger partial charge on any atom is -0.381 e. The van der Waals surface area contributed by atoms with Gasteiger partial charge >= 0.3 is 0 Å². The van der Waals surface area contributed by atoms with Crippen LogP contribution in [0.3, 0.4) is 0 Å². The molecule has 14 heavy (non-hydrogen) atoms. The highest BCUT2D eigenvalue weighted by Crippen LogP contribution is 1.98. The van der Waals surface area contributed by atoms with Gasteiger partial charge in [-0.05, 0) is 26.2 Å². The minimum absolute atomic E-state index is 0.119. The van der Waals surface area contributed by atoms with Crippen molar-refractivity contribution in [1.82, 2.24) is 5.43 Å². The van der Waals surface area contributed by atoms with Crippen LogP contribution in [-0.4, -0.2) is 19.1 Å². The van der Waals surface area contributed by atoms with Crippen LogP contribution in [0.5, 0.6) is 0 Å². The van der Waals surface area contributed by atoms with Crippen molar-refractivity contribution in [1.29, 1.82) is 0 Å². The van der Waals surface area contributed by atoms with E-state index in [1.807, 2.05) is 6.92 Å². The molecule has 3 N–H and O–H groups in total. The predicted molar refractivity (Wildman–Crippen MR) is 56.4 cm³/mol. The molecule has 0 bridgehead atoms. The Morgan fingerprint density at radius 2 is 2.07 bits per heavy atom. The number of carbonyl (C=O) groups is 1. The van der Waals surface area contributed by atoms with Gasteiger partial charge in [0.1, 0.15) is 0 Å². The number of amides is 1. The highest BCUT2D eigenvalue weighted by molar-refractivity contribution is 5.74. The average molecular weight is 200 g/mol. The van der Waals surface area contributed by atoms with Gasteiger partial charge in [-0.15, -0.1) is 6.58 Å². The van der Waals surface area contributed by atoms with Crippen LogP contribution in [0.2, 0.25) is 0 Å². The molecule has 0 aromatic carbocycles. The summed E-state index contributed by atoms with van der Waals surface area (Å²) in [4.78, 5) is 10.7. The van der Waals surface area contributed by atoms with E-state index in [1.54, 1.807) is 0 Å². The van der Waals surface area contributed by atoms with Gasteiger partial charge in [0.2, 0.25) is 5.91 Å². The first-order valence-corrected chi connectivity index (χ1v) is 4.88. The second kappa shape index (κ2) is 8.72. The van der Waals surface area contributed by atoms with Crippen LogP contribution in [0.15, 0.2) is 12.2 Å². The maximum atomic E-state index is 10.7. The highest BCUT2D eigenvalue weighted by atomic mass is 16.5. The van der Waals surface area contributed by atoms with E-state index in [0.29, 0.717) is 13.0 Å². The van der Waals surface area contributed by atoms with E-state index in [-0.39, 0.29) is 5.91 Å². The van der Waals surface area contributed by atoms with Crippen LogP contribution >= 0.6 is 0 Å². The number of hydrazine groups is 1. The van der Waals surface area contributed by atoms with Gasteiger partial charge in [0.15, 0.2) is 0 Å². The maximum Gasteiger partial charge on any atom is 0.233 e. The Morgan fingerprint density at radius 1 is 1.36 bits per heavy atom. The van der Waals surface area contributed by atoms with Gasteiger partial charge in [0, 0.05) is 13.0 Å². The Bertz CT molecular complexity index is 181. The van der Waals surface area contributed by atoms with E-state index in [2.05, 4.69) is 12.0 Å². The Balaban J connectivity index is 3.06. The molecular weight excluding hydrogens is 180 g/mol. The molecule has 0 rings (SSSR count). The van der Waals surface area contributed by atoms with E-state index in [0.717, 1.165) is 31.4 Å². The fourth-order valence-electron chi connectivity index (χ4n) is 0.910. The summed E-state index contributed by atoms with van der Waals surface area (Å²) >= 11 is 0. The molecule has 0 atom stereocenters. The number of nitrogens with two attached hydrogens (primary N) is 1. The van der Waals surface area contributed by atoms with Crippen LogP contribution in [0.4, 0.5) is 0 Å². The third kappa shape index (κ3) is 9.22. The molecule has 0 aliphatic carbocycles. The third-order valence-corrected chi connectivity index (χ3v) is 1.78. The summed E-state index contributed by atoms with van der Waals surface area (Å²) in [7, 11) is 0. The lowest BCUT2D eigenvalue weighted by Gasteiger charge is -2.03. The molecule has 0 radical (unpaired) electrons. The zero-order valence-corrected chi connectivity index (χ0v) is 8.84. The van der Waals surface area contributed by atoms with Crippen LogP contribution < -0.4 is 11.3 Å². The first-order chi connectivity index (χ1) is 6.66. The van der Waals surface area contributed by atoms with E-state index >= 15 is 0 Å². The van der Waals surface area contributed by atoms with Gasteiger partial charge in [-0.3, -0.25) is 10.2 Å². The molecule has 0 aliphatic rings. The minimum atomic E-state index is -0.119. The van der Waals surface area contributed by atoms with Crippen LogP contribution in [-0.2, 0) is 9.53 Å². The van der Waals surface area contributed by atoms with Crippen molar-refractivity contribution in [2.75, 3.05) is 13.2 Å². The number of nitrogens with one attached hydrogen (secondary N) is 1. The van der Waals surface area contributed by atoms with Crippen molar-refractivity contribution in [3.8, 4) is 0 Å². The predicted octanol–water partition coefficient (Wildman–Crippen LogP) is 1.13. The molecule has 82 valence electrons. The standard InChI is InChI=1S/C10H20N2O2/c1-9(2)6-8-14-7-4-3-5-10(13)12-11/h1,3-8,11H2,2H3,(H,12,13). The molecule has 0 aliphatic heterocycles. The largest absolute Gasteiger partial charge is 0.381 e. The topological polar surface area (TPSA) is 64.3 Å². The number of hydrogen-bond acceptors (Lipinski definition) is 3. The summed E-state index contributed by atoms with van der Waals surface area (Å²) in [6.07, 6.45) is 3.09. The number of ether oxygens (including phenoxy) is 1. The molecule has 0 fully saturated rings. The molecule has 4 nitrogen and oxygen atoms in total.